The number of carbonyl (C=O) groups excluding carboxylic acids is 1. The van der Waals surface area contributed by atoms with Gasteiger partial charge >= 0.3 is 12.1 Å². The van der Waals surface area contributed by atoms with Crippen molar-refractivity contribution in [1.29, 1.82) is 0 Å². The molecule has 2 aromatic carbocycles. The predicted molar refractivity (Wildman–Crippen MR) is 171 cm³/mol. The van der Waals surface area contributed by atoms with Gasteiger partial charge in [0.1, 0.15) is 35.1 Å². The van der Waals surface area contributed by atoms with Crippen molar-refractivity contribution in [1.82, 2.24) is 24.8 Å². The smallest absolute Gasteiger partial charge is 0.410 e. The molecule has 8 rings (SSSR count). The van der Waals surface area contributed by atoms with E-state index in [9.17, 15) is 9.18 Å². The molecule has 5 heterocycles. The summed E-state index contributed by atoms with van der Waals surface area (Å²) in [5.41, 5.74) is -0.160. The van der Waals surface area contributed by atoms with Crippen LogP contribution >= 0.6 is 11.6 Å². The summed E-state index contributed by atoms with van der Waals surface area (Å²) in [5.74, 6) is 0.558. The number of anilines is 1. The van der Waals surface area contributed by atoms with E-state index >= 15 is 4.39 Å². The molecule has 5 atom stereocenters. The van der Waals surface area contributed by atoms with Gasteiger partial charge in [0.15, 0.2) is 5.82 Å². The van der Waals surface area contributed by atoms with Gasteiger partial charge in [0, 0.05) is 42.8 Å². The average Bonchev–Trinajstić information content (AvgIpc) is 3.56. The molecule has 1 amide bonds. The third-order valence-corrected chi connectivity index (χ3v) is 10.3. The normalized spacial score (nSPS) is 25.5. The SMILES string of the molecule is CN1C[C@@H]2C[C@@H]2[C@H]1COc1nc(N2C[C@@H]3[C@H]2CCN3C(=O)OC(C)(C)C)c2cnc(-c3cccc4ccc(F)c(Cl)c34)c(F)c2n1. The molecule has 0 N–H and O–H groups in total. The Morgan fingerprint density at radius 3 is 2.70 bits per heavy atom. The molecule has 4 aromatic rings. The molecule has 0 radical (unpaired) electrons. The fourth-order valence-electron chi connectivity index (χ4n) is 7.61. The number of halogens is 3. The quantitative estimate of drug-likeness (QED) is 0.249. The second-order valence-electron chi connectivity index (χ2n) is 14.0. The fraction of sp³-hybridized carbons (Fsp3) is 0.471. The Kier molecular flexibility index (Phi) is 6.81. The van der Waals surface area contributed by atoms with Crippen LogP contribution in [0.1, 0.15) is 33.6 Å². The fourth-order valence-corrected chi connectivity index (χ4v) is 7.88. The summed E-state index contributed by atoms with van der Waals surface area (Å²) in [6.07, 6.45) is 3.14. The van der Waals surface area contributed by atoms with Crippen molar-refractivity contribution in [2.24, 2.45) is 11.8 Å². The topological polar surface area (TPSA) is 83.9 Å². The number of rotatable bonds is 5. The summed E-state index contributed by atoms with van der Waals surface area (Å²) < 4.78 is 43.1. The summed E-state index contributed by atoms with van der Waals surface area (Å²) in [4.78, 5) is 33.0. The number of likely N-dealkylation sites (tertiary alicyclic amines) is 2. The van der Waals surface area contributed by atoms with Crippen molar-refractivity contribution in [2.45, 2.75) is 57.3 Å². The molecule has 1 saturated carbocycles. The monoisotopic (exact) mass is 648 g/mol. The van der Waals surface area contributed by atoms with E-state index in [0.29, 0.717) is 59.1 Å². The van der Waals surface area contributed by atoms with Gasteiger partial charge in [0.05, 0.1) is 22.5 Å². The lowest BCUT2D eigenvalue weighted by molar-refractivity contribution is 0.0193. The Hall–Kier alpha value is -3.83. The van der Waals surface area contributed by atoms with E-state index in [1.807, 2.05) is 20.8 Å². The van der Waals surface area contributed by atoms with Crippen molar-refractivity contribution >= 4 is 45.2 Å². The maximum atomic E-state index is 16.7. The Morgan fingerprint density at radius 1 is 1.11 bits per heavy atom. The van der Waals surface area contributed by atoms with E-state index in [2.05, 4.69) is 26.8 Å². The van der Waals surface area contributed by atoms with E-state index in [4.69, 9.17) is 26.1 Å². The highest BCUT2D eigenvalue weighted by Crippen LogP contribution is 2.49. The number of carbonyl (C=O) groups is 1. The molecule has 1 aliphatic carbocycles. The molecule has 0 unspecified atom stereocenters. The maximum absolute atomic E-state index is 16.7. The van der Waals surface area contributed by atoms with Crippen LogP contribution in [0.2, 0.25) is 5.02 Å². The summed E-state index contributed by atoms with van der Waals surface area (Å²) in [6, 6.07) is 8.41. The number of nitrogens with zero attached hydrogens (tertiary/aromatic N) is 6. The number of benzene rings is 2. The van der Waals surface area contributed by atoms with Crippen LogP contribution in [0.25, 0.3) is 32.9 Å². The lowest BCUT2D eigenvalue weighted by atomic mass is 9.96. The number of piperidine rings is 1. The molecule has 0 bridgehead atoms. The van der Waals surface area contributed by atoms with E-state index in [1.165, 1.54) is 12.5 Å². The van der Waals surface area contributed by atoms with E-state index < -0.39 is 17.2 Å². The van der Waals surface area contributed by atoms with Crippen molar-refractivity contribution in [3.63, 3.8) is 0 Å². The zero-order chi connectivity index (χ0) is 32.1. The molecular weight excluding hydrogens is 614 g/mol. The highest BCUT2D eigenvalue weighted by atomic mass is 35.5. The minimum absolute atomic E-state index is 0.0102. The lowest BCUT2D eigenvalue weighted by Crippen LogP contribution is -2.63. The molecule has 9 nitrogen and oxygen atoms in total. The number of aromatic nitrogens is 3. The molecule has 46 heavy (non-hydrogen) atoms. The van der Waals surface area contributed by atoms with Gasteiger partial charge in [-0.25, -0.2) is 13.6 Å². The molecule has 240 valence electrons. The summed E-state index contributed by atoms with van der Waals surface area (Å²) >= 11 is 6.40. The second kappa shape index (κ2) is 10.6. The first-order valence-corrected chi connectivity index (χ1v) is 16.2. The molecule has 3 aliphatic heterocycles. The molecule has 12 heteroatoms. The summed E-state index contributed by atoms with van der Waals surface area (Å²) in [7, 11) is 2.10. The van der Waals surface area contributed by atoms with E-state index in [-0.39, 0.29) is 46.5 Å². The van der Waals surface area contributed by atoms with Gasteiger partial charge in [-0.2, -0.15) is 9.97 Å². The van der Waals surface area contributed by atoms with Gasteiger partial charge in [-0.05, 0) is 63.9 Å². The van der Waals surface area contributed by atoms with Crippen LogP contribution in [0.5, 0.6) is 6.01 Å². The highest BCUT2D eigenvalue weighted by molar-refractivity contribution is 6.36. The van der Waals surface area contributed by atoms with E-state index in [0.717, 1.165) is 13.0 Å². The molecule has 4 aliphatic rings. The number of fused-ring (bicyclic) bond motifs is 4. The number of hydrogen-bond acceptors (Lipinski definition) is 8. The van der Waals surface area contributed by atoms with Gasteiger partial charge in [-0.3, -0.25) is 9.88 Å². The van der Waals surface area contributed by atoms with Gasteiger partial charge in [0.25, 0.3) is 0 Å². The van der Waals surface area contributed by atoms with Gasteiger partial charge in [-0.1, -0.05) is 35.9 Å². The average molecular weight is 649 g/mol. The van der Waals surface area contributed by atoms with Crippen LogP contribution in [0.3, 0.4) is 0 Å². The van der Waals surface area contributed by atoms with Crippen molar-refractivity contribution in [3.05, 3.63) is 53.2 Å². The third-order valence-electron chi connectivity index (χ3n) is 9.97. The molecule has 3 saturated heterocycles. The first kappa shape index (κ1) is 29.6. The Labute approximate surface area is 270 Å². The van der Waals surface area contributed by atoms with Gasteiger partial charge in [0.2, 0.25) is 0 Å². The van der Waals surface area contributed by atoms with Crippen LogP contribution in [-0.4, -0.2) is 87.9 Å². The first-order valence-electron chi connectivity index (χ1n) is 15.8. The van der Waals surface area contributed by atoms with Gasteiger partial charge < -0.3 is 19.3 Å². The Morgan fingerprint density at radius 2 is 1.93 bits per heavy atom. The van der Waals surface area contributed by atoms with Crippen LogP contribution in [0.15, 0.2) is 36.5 Å². The van der Waals surface area contributed by atoms with Crippen molar-refractivity contribution in [3.8, 4) is 17.3 Å². The number of amides is 1. The number of hydrogen-bond donors (Lipinski definition) is 0. The minimum Gasteiger partial charge on any atom is -0.462 e. The standard InChI is InChI=1S/C34H35ClF2N6O3/c1-34(2,3)46-33(44)42-11-10-23-24(42)15-43(23)31-21-13-38-29(19-7-5-6-17-8-9-22(36)27(35)26(17)19)28(37)30(21)39-32(40-31)45-16-25-20-12-18(20)14-41(25)4/h5-9,13,18,20,23-25H,10-12,14-16H2,1-4H3/t18-,20-,23+,24+,25+/m0/s1. The summed E-state index contributed by atoms with van der Waals surface area (Å²) in [5, 5.41) is 1.38. The van der Waals surface area contributed by atoms with Crippen LogP contribution in [0.4, 0.5) is 19.4 Å². The Balaban J connectivity index is 1.18. The van der Waals surface area contributed by atoms with Crippen LogP contribution in [0, 0.1) is 23.5 Å². The summed E-state index contributed by atoms with van der Waals surface area (Å²) in [6.45, 7) is 8.07. The number of ether oxygens (including phenoxy) is 2. The van der Waals surface area contributed by atoms with Crippen LogP contribution < -0.4 is 9.64 Å². The second-order valence-corrected chi connectivity index (χ2v) is 14.4. The largest absolute Gasteiger partial charge is 0.462 e. The molecular formula is C34H35ClF2N6O3. The molecule has 0 spiro atoms. The number of likely N-dealkylation sites (N-methyl/N-ethyl adjacent to an activating group) is 1. The van der Waals surface area contributed by atoms with E-state index in [1.54, 1.807) is 35.4 Å². The minimum atomic E-state index is -0.669. The maximum Gasteiger partial charge on any atom is 0.410 e. The first-order chi connectivity index (χ1) is 22.0. The van der Waals surface area contributed by atoms with Crippen LogP contribution in [-0.2, 0) is 4.74 Å². The highest BCUT2D eigenvalue weighted by Gasteiger charge is 2.52. The number of pyridine rings is 1. The Bertz CT molecular complexity index is 1900. The lowest BCUT2D eigenvalue weighted by Gasteiger charge is -2.47. The third kappa shape index (κ3) is 4.81. The van der Waals surface area contributed by atoms with Crippen molar-refractivity contribution in [2.75, 3.05) is 38.2 Å². The zero-order valence-electron chi connectivity index (χ0n) is 26.1. The van der Waals surface area contributed by atoms with Gasteiger partial charge in [-0.15, -0.1) is 0 Å². The predicted octanol–water partition coefficient (Wildman–Crippen LogP) is 6.30. The molecule has 2 aromatic heterocycles. The van der Waals surface area contributed by atoms with Crippen molar-refractivity contribution < 1.29 is 23.0 Å². The molecule has 4 fully saturated rings. The zero-order valence-corrected chi connectivity index (χ0v) is 26.9.